The molecule has 1 aromatic carbocycles. The van der Waals surface area contributed by atoms with E-state index in [4.69, 9.17) is 4.42 Å². The van der Waals surface area contributed by atoms with E-state index in [1.54, 1.807) is 0 Å². The number of benzene rings is 1. The van der Waals surface area contributed by atoms with E-state index in [9.17, 15) is 22.0 Å². The van der Waals surface area contributed by atoms with Crippen molar-refractivity contribution in [1.29, 1.82) is 0 Å². The van der Waals surface area contributed by atoms with Crippen LogP contribution >= 0.6 is 0 Å². The number of hydrogen-bond acceptors (Lipinski definition) is 4. The number of hydrogen-bond donors (Lipinski definition) is 1. The van der Waals surface area contributed by atoms with Gasteiger partial charge in [0, 0.05) is 25.7 Å². The summed E-state index contributed by atoms with van der Waals surface area (Å²) < 4.78 is 57.8. The van der Waals surface area contributed by atoms with Crippen LogP contribution in [0.15, 0.2) is 39.8 Å². The molecular weight excluding hydrogens is 366 g/mol. The third-order valence-corrected chi connectivity index (χ3v) is 5.86. The van der Waals surface area contributed by atoms with Crippen LogP contribution in [0.5, 0.6) is 0 Å². The number of carbonyl (C=O) groups is 1. The highest BCUT2D eigenvalue weighted by Crippen LogP contribution is 2.22. The van der Waals surface area contributed by atoms with Gasteiger partial charge in [0.15, 0.2) is 5.76 Å². The zero-order chi connectivity index (χ0) is 18.7. The monoisotopic (exact) mass is 384 g/mol. The van der Waals surface area contributed by atoms with Crippen LogP contribution in [0.2, 0.25) is 0 Å². The zero-order valence-electron chi connectivity index (χ0n) is 13.9. The summed E-state index contributed by atoms with van der Waals surface area (Å²) >= 11 is 0. The molecule has 1 saturated heterocycles. The van der Waals surface area contributed by atoms with Crippen LogP contribution in [0.1, 0.15) is 35.4 Å². The molecule has 3 rings (SSSR count). The van der Waals surface area contributed by atoms with Gasteiger partial charge >= 0.3 is 0 Å². The van der Waals surface area contributed by atoms with Crippen LogP contribution in [0.3, 0.4) is 0 Å². The highest BCUT2D eigenvalue weighted by molar-refractivity contribution is 7.89. The maximum atomic E-state index is 13.1. The first-order valence-corrected chi connectivity index (χ1v) is 9.63. The Morgan fingerprint density at radius 1 is 1.08 bits per heavy atom. The van der Waals surface area contributed by atoms with E-state index in [-0.39, 0.29) is 23.0 Å². The average molecular weight is 384 g/mol. The van der Waals surface area contributed by atoms with Crippen LogP contribution in [-0.4, -0.2) is 31.7 Å². The van der Waals surface area contributed by atoms with Gasteiger partial charge in [0.2, 0.25) is 5.09 Å². The molecule has 140 valence electrons. The van der Waals surface area contributed by atoms with E-state index in [0.717, 1.165) is 37.5 Å². The second-order valence-corrected chi connectivity index (χ2v) is 7.91. The van der Waals surface area contributed by atoms with Crippen molar-refractivity contribution in [2.45, 2.75) is 30.9 Å². The first-order chi connectivity index (χ1) is 12.4. The first kappa shape index (κ1) is 18.5. The number of piperidine rings is 1. The highest BCUT2D eigenvalue weighted by atomic mass is 32.2. The van der Waals surface area contributed by atoms with E-state index in [2.05, 4.69) is 5.32 Å². The summed E-state index contributed by atoms with van der Waals surface area (Å²) in [6.45, 7) is 0.730. The predicted octanol–water partition coefficient (Wildman–Crippen LogP) is 2.66. The quantitative estimate of drug-likeness (QED) is 0.860. The van der Waals surface area contributed by atoms with Gasteiger partial charge in [-0.3, -0.25) is 4.79 Å². The Labute approximate surface area is 149 Å². The van der Waals surface area contributed by atoms with E-state index in [1.807, 2.05) is 0 Å². The molecule has 0 aliphatic carbocycles. The van der Waals surface area contributed by atoms with Crippen LogP contribution in [0, 0.1) is 11.6 Å². The van der Waals surface area contributed by atoms with Gasteiger partial charge in [-0.05, 0) is 42.7 Å². The lowest BCUT2D eigenvalue weighted by molar-refractivity contribution is 0.0917. The van der Waals surface area contributed by atoms with Crippen molar-refractivity contribution in [3.63, 3.8) is 0 Å². The molecule has 0 spiro atoms. The molecule has 0 saturated carbocycles. The number of sulfonamides is 1. The van der Waals surface area contributed by atoms with Gasteiger partial charge in [-0.2, -0.15) is 4.31 Å². The summed E-state index contributed by atoms with van der Waals surface area (Å²) in [7, 11) is -3.77. The maximum Gasteiger partial charge on any atom is 0.287 e. The fourth-order valence-corrected chi connectivity index (χ4v) is 4.22. The minimum Gasteiger partial charge on any atom is -0.438 e. The summed E-state index contributed by atoms with van der Waals surface area (Å²) in [5.41, 5.74) is 0.239. The molecule has 1 N–H and O–H groups in total. The second kappa shape index (κ2) is 7.55. The molecule has 26 heavy (non-hydrogen) atoms. The van der Waals surface area contributed by atoms with Gasteiger partial charge in [0.05, 0.1) is 0 Å². The van der Waals surface area contributed by atoms with Crippen molar-refractivity contribution in [1.82, 2.24) is 9.62 Å². The average Bonchev–Trinajstić information content (AvgIpc) is 3.11. The Bertz CT molecular complexity index is 885. The second-order valence-electron chi connectivity index (χ2n) is 6.04. The number of amides is 1. The fraction of sp³-hybridized carbons (Fsp3) is 0.353. The molecule has 1 aromatic heterocycles. The highest BCUT2D eigenvalue weighted by Gasteiger charge is 2.29. The maximum absolute atomic E-state index is 13.1. The van der Waals surface area contributed by atoms with Crippen LogP contribution < -0.4 is 5.32 Å². The summed E-state index contributed by atoms with van der Waals surface area (Å²) in [4.78, 5) is 12.1. The van der Waals surface area contributed by atoms with E-state index in [1.165, 1.54) is 16.4 Å². The molecule has 2 heterocycles. The summed E-state index contributed by atoms with van der Waals surface area (Å²) in [5.74, 6) is -2.35. The third kappa shape index (κ3) is 4.10. The number of rotatable bonds is 5. The molecule has 2 aromatic rings. The van der Waals surface area contributed by atoms with Crippen molar-refractivity contribution in [2.75, 3.05) is 13.1 Å². The predicted molar refractivity (Wildman–Crippen MR) is 88.8 cm³/mol. The van der Waals surface area contributed by atoms with Gasteiger partial charge < -0.3 is 9.73 Å². The molecule has 1 amide bonds. The van der Waals surface area contributed by atoms with Crippen LogP contribution in [0.25, 0.3) is 0 Å². The Balaban J connectivity index is 1.67. The lowest BCUT2D eigenvalue weighted by atomic mass is 10.2. The minimum atomic E-state index is -3.77. The molecule has 1 aliphatic rings. The van der Waals surface area contributed by atoms with Gasteiger partial charge in [-0.25, -0.2) is 17.2 Å². The van der Waals surface area contributed by atoms with Gasteiger partial charge in [-0.1, -0.05) is 6.42 Å². The van der Waals surface area contributed by atoms with Crippen molar-refractivity contribution in [2.24, 2.45) is 0 Å². The molecule has 6 nitrogen and oxygen atoms in total. The molecule has 0 atom stereocenters. The topological polar surface area (TPSA) is 79.6 Å². The minimum absolute atomic E-state index is 0.123. The zero-order valence-corrected chi connectivity index (χ0v) is 14.7. The molecule has 0 unspecified atom stereocenters. The van der Waals surface area contributed by atoms with Gasteiger partial charge in [0.25, 0.3) is 15.9 Å². The summed E-state index contributed by atoms with van der Waals surface area (Å²) in [5, 5.41) is 2.15. The normalized spacial score (nSPS) is 15.8. The number of carbonyl (C=O) groups excluding carboxylic acids is 1. The number of furan rings is 1. The summed E-state index contributed by atoms with van der Waals surface area (Å²) in [6.07, 6.45) is 2.56. The Kier molecular flexibility index (Phi) is 5.38. The SMILES string of the molecule is O=C(NCc1cc(F)cc(F)c1)c1ccc(S(=O)(=O)N2CCCCC2)o1. The number of nitrogens with one attached hydrogen (secondary N) is 1. The molecule has 1 aliphatic heterocycles. The first-order valence-electron chi connectivity index (χ1n) is 8.19. The smallest absolute Gasteiger partial charge is 0.287 e. The summed E-state index contributed by atoms with van der Waals surface area (Å²) in [6, 6.07) is 5.42. The Morgan fingerprint density at radius 3 is 2.38 bits per heavy atom. The van der Waals surface area contributed by atoms with Gasteiger partial charge in [-0.15, -0.1) is 0 Å². The van der Waals surface area contributed by atoms with Crippen molar-refractivity contribution in [3.8, 4) is 0 Å². The number of nitrogens with zero attached hydrogens (tertiary/aromatic N) is 1. The van der Waals surface area contributed by atoms with E-state index in [0.29, 0.717) is 13.1 Å². The van der Waals surface area contributed by atoms with Crippen molar-refractivity contribution < 1.29 is 26.4 Å². The van der Waals surface area contributed by atoms with Crippen LogP contribution in [0.4, 0.5) is 8.78 Å². The standard InChI is InChI=1S/C17H18F2N2O4S/c18-13-8-12(9-14(19)10-13)11-20-17(22)15-4-5-16(25-15)26(23,24)21-6-2-1-3-7-21/h4-5,8-10H,1-3,6-7,11H2,(H,20,22). The Morgan fingerprint density at radius 2 is 1.73 bits per heavy atom. The lowest BCUT2D eigenvalue weighted by Gasteiger charge is -2.24. The largest absolute Gasteiger partial charge is 0.438 e. The lowest BCUT2D eigenvalue weighted by Crippen LogP contribution is -2.35. The van der Waals surface area contributed by atoms with Gasteiger partial charge in [0.1, 0.15) is 11.6 Å². The third-order valence-electron chi connectivity index (χ3n) is 4.09. The molecular formula is C17H18F2N2O4S. The molecule has 9 heteroatoms. The molecule has 0 radical (unpaired) electrons. The van der Waals surface area contributed by atoms with Crippen molar-refractivity contribution >= 4 is 15.9 Å². The fourth-order valence-electron chi connectivity index (χ4n) is 2.80. The molecule has 0 bridgehead atoms. The Hall–Kier alpha value is -2.26. The van der Waals surface area contributed by atoms with Crippen molar-refractivity contribution in [3.05, 3.63) is 53.3 Å². The van der Waals surface area contributed by atoms with E-state index >= 15 is 0 Å². The van der Waals surface area contributed by atoms with E-state index < -0.39 is 27.6 Å². The molecule has 1 fully saturated rings. The van der Waals surface area contributed by atoms with Crippen LogP contribution in [-0.2, 0) is 16.6 Å². The number of halogens is 2.